The van der Waals surface area contributed by atoms with E-state index in [0.29, 0.717) is 6.54 Å². The maximum atomic E-state index is 9.17. The van der Waals surface area contributed by atoms with Gasteiger partial charge in [-0.15, -0.1) is 0 Å². The van der Waals surface area contributed by atoms with Crippen LogP contribution in [0.25, 0.3) is 5.82 Å². The minimum Gasteiger partial charge on any atom is -0.396 e. The van der Waals surface area contributed by atoms with Crippen molar-refractivity contribution in [3.63, 3.8) is 0 Å². The highest BCUT2D eigenvalue weighted by Gasteiger charge is 2.15. The van der Waals surface area contributed by atoms with Gasteiger partial charge in [-0.3, -0.25) is 0 Å². The van der Waals surface area contributed by atoms with Crippen molar-refractivity contribution in [3.8, 4) is 5.82 Å². The number of aliphatic hydroxyl groups excluding tert-OH is 1. The number of rotatable bonds is 5. The lowest BCUT2D eigenvalue weighted by atomic mass is 9.95. The molecule has 0 bridgehead atoms. The van der Waals surface area contributed by atoms with Gasteiger partial charge in [0.1, 0.15) is 0 Å². The molecule has 2 N–H and O–H groups in total. The van der Waals surface area contributed by atoms with Crippen molar-refractivity contribution in [1.29, 1.82) is 0 Å². The molecule has 0 fully saturated rings. The highest BCUT2D eigenvalue weighted by molar-refractivity contribution is 5.43. The number of aliphatic hydroxyl groups is 1. The molecule has 2 aromatic heterocycles. The van der Waals surface area contributed by atoms with Gasteiger partial charge in [-0.25, -0.2) is 9.67 Å². The van der Waals surface area contributed by atoms with Crippen LogP contribution in [0.1, 0.15) is 13.8 Å². The molecular formula is C13H18N4O. The van der Waals surface area contributed by atoms with Gasteiger partial charge < -0.3 is 10.4 Å². The second kappa shape index (κ2) is 5.18. The third kappa shape index (κ3) is 3.07. The molecule has 2 rings (SSSR count). The van der Waals surface area contributed by atoms with E-state index in [-0.39, 0.29) is 12.0 Å². The molecule has 0 saturated heterocycles. The molecule has 0 aliphatic heterocycles. The number of nitrogens with zero attached hydrogens (tertiary/aromatic N) is 3. The number of hydrogen-bond acceptors (Lipinski definition) is 4. The molecule has 0 radical (unpaired) electrons. The van der Waals surface area contributed by atoms with Gasteiger partial charge in [-0.1, -0.05) is 13.8 Å². The molecule has 2 heterocycles. The quantitative estimate of drug-likeness (QED) is 0.843. The van der Waals surface area contributed by atoms with Crippen molar-refractivity contribution in [2.45, 2.75) is 13.8 Å². The Morgan fingerprint density at radius 2 is 2.22 bits per heavy atom. The summed E-state index contributed by atoms with van der Waals surface area (Å²) in [6, 6.07) is 5.72. The molecule has 0 saturated carbocycles. The zero-order chi connectivity index (χ0) is 13.0. The van der Waals surface area contributed by atoms with E-state index in [1.165, 1.54) is 0 Å². The summed E-state index contributed by atoms with van der Waals surface area (Å²) in [4.78, 5) is 4.32. The van der Waals surface area contributed by atoms with E-state index in [4.69, 9.17) is 0 Å². The first-order valence-electron chi connectivity index (χ1n) is 5.91. The first kappa shape index (κ1) is 12.6. The van der Waals surface area contributed by atoms with Gasteiger partial charge >= 0.3 is 0 Å². The van der Waals surface area contributed by atoms with Crippen LogP contribution in [0.15, 0.2) is 36.8 Å². The Hall–Kier alpha value is -1.88. The molecule has 0 unspecified atom stereocenters. The molecular weight excluding hydrogens is 228 g/mol. The molecule has 18 heavy (non-hydrogen) atoms. The standard InChI is InChI=1S/C13H18N4O/c1-13(2,10-18)9-15-11-4-5-12(14-8-11)17-7-3-6-16-17/h3-8,15,18H,9-10H2,1-2H3. The summed E-state index contributed by atoms with van der Waals surface area (Å²) in [5.74, 6) is 0.784. The van der Waals surface area contributed by atoms with Gasteiger partial charge in [0, 0.05) is 31.0 Å². The normalized spacial score (nSPS) is 11.5. The Bertz CT molecular complexity index is 476. The van der Waals surface area contributed by atoms with Crippen molar-refractivity contribution in [1.82, 2.24) is 14.8 Å². The van der Waals surface area contributed by atoms with Gasteiger partial charge in [-0.2, -0.15) is 5.10 Å². The van der Waals surface area contributed by atoms with Crippen LogP contribution < -0.4 is 5.32 Å². The summed E-state index contributed by atoms with van der Waals surface area (Å²) in [5.41, 5.74) is 0.799. The van der Waals surface area contributed by atoms with E-state index in [1.807, 2.05) is 38.2 Å². The maximum absolute atomic E-state index is 9.17. The maximum Gasteiger partial charge on any atom is 0.153 e. The second-order valence-electron chi connectivity index (χ2n) is 5.03. The third-order valence-corrected chi connectivity index (χ3v) is 2.69. The summed E-state index contributed by atoms with van der Waals surface area (Å²) >= 11 is 0. The molecule has 5 heteroatoms. The van der Waals surface area contributed by atoms with Crippen LogP contribution in [0.5, 0.6) is 0 Å². The van der Waals surface area contributed by atoms with E-state index in [2.05, 4.69) is 15.4 Å². The van der Waals surface area contributed by atoms with Gasteiger partial charge in [0.15, 0.2) is 5.82 Å². The number of pyridine rings is 1. The first-order valence-corrected chi connectivity index (χ1v) is 5.91. The lowest BCUT2D eigenvalue weighted by molar-refractivity contribution is 0.171. The van der Waals surface area contributed by atoms with E-state index in [9.17, 15) is 5.11 Å². The largest absolute Gasteiger partial charge is 0.396 e. The predicted molar refractivity (Wildman–Crippen MR) is 70.7 cm³/mol. The second-order valence-corrected chi connectivity index (χ2v) is 5.03. The van der Waals surface area contributed by atoms with Crippen molar-refractivity contribution in [3.05, 3.63) is 36.8 Å². The Labute approximate surface area is 106 Å². The van der Waals surface area contributed by atoms with Crippen molar-refractivity contribution < 1.29 is 5.11 Å². The van der Waals surface area contributed by atoms with Crippen LogP contribution >= 0.6 is 0 Å². The zero-order valence-electron chi connectivity index (χ0n) is 10.7. The molecule has 2 aromatic rings. The Morgan fingerprint density at radius 3 is 2.78 bits per heavy atom. The van der Waals surface area contributed by atoms with Crippen LogP contribution in [0.2, 0.25) is 0 Å². The molecule has 0 aromatic carbocycles. The zero-order valence-corrected chi connectivity index (χ0v) is 10.7. The van der Waals surface area contributed by atoms with Crippen molar-refractivity contribution in [2.75, 3.05) is 18.5 Å². The van der Waals surface area contributed by atoms with Crippen LogP contribution in [-0.4, -0.2) is 33.0 Å². The third-order valence-electron chi connectivity index (χ3n) is 2.69. The van der Waals surface area contributed by atoms with Gasteiger partial charge in [-0.05, 0) is 18.2 Å². The highest BCUT2D eigenvalue weighted by atomic mass is 16.3. The van der Waals surface area contributed by atoms with Crippen LogP contribution in [-0.2, 0) is 0 Å². The topological polar surface area (TPSA) is 63.0 Å². The monoisotopic (exact) mass is 246 g/mol. The minimum absolute atomic E-state index is 0.138. The van der Waals surface area contributed by atoms with Crippen LogP contribution in [0, 0.1) is 5.41 Å². The van der Waals surface area contributed by atoms with E-state index < -0.39 is 0 Å². The molecule has 0 amide bonds. The number of anilines is 1. The molecule has 5 nitrogen and oxygen atoms in total. The van der Waals surface area contributed by atoms with Crippen LogP contribution in [0.3, 0.4) is 0 Å². The fourth-order valence-electron chi connectivity index (χ4n) is 1.43. The summed E-state index contributed by atoms with van der Waals surface area (Å²) in [5, 5.41) is 16.5. The molecule has 0 aliphatic carbocycles. The SMILES string of the molecule is CC(C)(CO)CNc1ccc(-n2cccn2)nc1. The first-order chi connectivity index (χ1) is 8.61. The van der Waals surface area contributed by atoms with E-state index >= 15 is 0 Å². The molecule has 0 spiro atoms. The number of hydrogen-bond donors (Lipinski definition) is 2. The van der Waals surface area contributed by atoms with Crippen molar-refractivity contribution in [2.24, 2.45) is 5.41 Å². The summed E-state index contributed by atoms with van der Waals surface area (Å²) in [6.45, 7) is 4.86. The predicted octanol–water partition coefficient (Wildman–Crippen LogP) is 1.70. The van der Waals surface area contributed by atoms with Crippen LogP contribution in [0.4, 0.5) is 5.69 Å². The van der Waals surface area contributed by atoms with Crippen molar-refractivity contribution >= 4 is 5.69 Å². The molecule has 0 atom stereocenters. The van der Waals surface area contributed by atoms with E-state index in [1.54, 1.807) is 17.1 Å². The highest BCUT2D eigenvalue weighted by Crippen LogP contribution is 2.16. The summed E-state index contributed by atoms with van der Waals surface area (Å²) < 4.78 is 1.71. The summed E-state index contributed by atoms with van der Waals surface area (Å²) in [7, 11) is 0. The number of nitrogens with one attached hydrogen (secondary N) is 1. The minimum atomic E-state index is -0.138. The average molecular weight is 246 g/mol. The lowest BCUT2D eigenvalue weighted by Gasteiger charge is -2.22. The fourth-order valence-corrected chi connectivity index (χ4v) is 1.43. The molecule has 0 aliphatic rings. The fraction of sp³-hybridized carbons (Fsp3) is 0.385. The van der Waals surface area contributed by atoms with Gasteiger partial charge in [0.25, 0.3) is 0 Å². The number of aromatic nitrogens is 3. The molecule has 96 valence electrons. The lowest BCUT2D eigenvalue weighted by Crippen LogP contribution is -2.26. The Balaban J connectivity index is 2.00. The average Bonchev–Trinajstić information content (AvgIpc) is 2.91. The van der Waals surface area contributed by atoms with Gasteiger partial charge in [0.05, 0.1) is 11.9 Å². The van der Waals surface area contributed by atoms with Gasteiger partial charge in [0.2, 0.25) is 0 Å². The van der Waals surface area contributed by atoms with E-state index in [0.717, 1.165) is 11.5 Å². The Kier molecular flexibility index (Phi) is 3.62. The smallest absolute Gasteiger partial charge is 0.153 e. The summed E-state index contributed by atoms with van der Waals surface area (Å²) in [6.07, 6.45) is 5.34. The Morgan fingerprint density at radius 1 is 1.39 bits per heavy atom.